The molecule has 13 heteroatoms. The van der Waals surface area contributed by atoms with Crippen molar-refractivity contribution in [3.63, 3.8) is 0 Å². The van der Waals surface area contributed by atoms with Crippen LogP contribution in [0.15, 0.2) is 6.20 Å². The molecular weight excluding hydrogens is 453 g/mol. The standard InChI is InChI=1S/C19H29F3N4O5S/c1-18(27)12-30-10-7-15(18)31-16-14(19(20,21)22)11-23-17(25-16)24-13-5-3-4-8-26(9-6-13)32(2,28)29/h11,13,15,27H,3-10,12H2,1-2H3,(H,23,24,25)/t13?,15-,18+/m1/s1. The Kier molecular flexibility index (Phi) is 7.52. The number of halogens is 3. The molecule has 0 bridgehead atoms. The van der Waals surface area contributed by atoms with Crippen molar-refractivity contribution >= 4 is 16.0 Å². The van der Waals surface area contributed by atoms with Gasteiger partial charge in [0.05, 0.1) is 19.5 Å². The van der Waals surface area contributed by atoms with Gasteiger partial charge in [-0.15, -0.1) is 0 Å². The Morgan fingerprint density at radius 1 is 1.28 bits per heavy atom. The average Bonchev–Trinajstić information content (AvgIpc) is 2.64. The van der Waals surface area contributed by atoms with E-state index in [4.69, 9.17) is 9.47 Å². The fraction of sp³-hybridized carbons (Fsp3) is 0.789. The lowest BCUT2D eigenvalue weighted by Gasteiger charge is -2.36. The molecule has 1 unspecified atom stereocenters. The van der Waals surface area contributed by atoms with E-state index in [1.54, 1.807) is 0 Å². The van der Waals surface area contributed by atoms with Gasteiger partial charge >= 0.3 is 6.18 Å². The lowest BCUT2D eigenvalue weighted by Crippen LogP contribution is -2.51. The summed E-state index contributed by atoms with van der Waals surface area (Å²) >= 11 is 0. The lowest BCUT2D eigenvalue weighted by atomic mass is 9.95. The number of hydrogen-bond acceptors (Lipinski definition) is 8. The van der Waals surface area contributed by atoms with Gasteiger partial charge in [-0.25, -0.2) is 17.7 Å². The highest BCUT2D eigenvalue weighted by Gasteiger charge is 2.41. The minimum atomic E-state index is -4.74. The number of hydrogen-bond donors (Lipinski definition) is 2. The Morgan fingerprint density at radius 2 is 2.03 bits per heavy atom. The first-order valence-corrected chi connectivity index (χ1v) is 12.3. The molecule has 3 heterocycles. The molecule has 0 saturated carbocycles. The largest absolute Gasteiger partial charge is 0.471 e. The zero-order valence-electron chi connectivity index (χ0n) is 18.1. The van der Waals surface area contributed by atoms with Gasteiger partial charge in [0.25, 0.3) is 0 Å². The van der Waals surface area contributed by atoms with Crippen molar-refractivity contribution in [2.75, 3.05) is 37.9 Å². The third-order valence-electron chi connectivity index (χ3n) is 5.66. The summed E-state index contributed by atoms with van der Waals surface area (Å²) in [5, 5.41) is 13.4. The van der Waals surface area contributed by atoms with Crippen LogP contribution in [0.25, 0.3) is 0 Å². The zero-order chi connectivity index (χ0) is 23.6. The summed E-state index contributed by atoms with van der Waals surface area (Å²) in [5.41, 5.74) is -2.60. The quantitative estimate of drug-likeness (QED) is 0.656. The van der Waals surface area contributed by atoms with Crippen LogP contribution in [0, 0.1) is 0 Å². The molecule has 0 aromatic carbocycles. The number of aliphatic hydroxyl groups is 1. The first kappa shape index (κ1) is 24.9. The smallest absolute Gasteiger partial charge is 0.423 e. The number of ether oxygens (including phenoxy) is 2. The van der Waals surface area contributed by atoms with Crippen LogP contribution in [0.2, 0.25) is 0 Å². The van der Waals surface area contributed by atoms with E-state index in [1.807, 2.05) is 0 Å². The minimum Gasteiger partial charge on any atom is -0.471 e. The third-order valence-corrected chi connectivity index (χ3v) is 6.97. The van der Waals surface area contributed by atoms with E-state index in [0.29, 0.717) is 38.5 Å². The number of rotatable bonds is 5. The summed E-state index contributed by atoms with van der Waals surface area (Å²) in [6.45, 7) is 2.37. The van der Waals surface area contributed by atoms with E-state index in [1.165, 1.54) is 11.2 Å². The maximum absolute atomic E-state index is 13.5. The lowest BCUT2D eigenvalue weighted by molar-refractivity contribution is -0.152. The first-order chi connectivity index (χ1) is 14.9. The fourth-order valence-corrected chi connectivity index (χ4v) is 4.70. The second-order valence-electron chi connectivity index (χ2n) is 8.50. The highest BCUT2D eigenvalue weighted by molar-refractivity contribution is 7.88. The molecule has 1 aromatic rings. The number of alkyl halides is 3. The van der Waals surface area contributed by atoms with Gasteiger partial charge in [0.15, 0.2) is 0 Å². The topological polar surface area (TPSA) is 114 Å². The second kappa shape index (κ2) is 9.65. The molecule has 1 aromatic heterocycles. The summed E-state index contributed by atoms with van der Waals surface area (Å²) in [4.78, 5) is 7.78. The first-order valence-electron chi connectivity index (χ1n) is 10.5. The Balaban J connectivity index is 1.79. The van der Waals surface area contributed by atoms with Crippen LogP contribution in [-0.2, 0) is 20.9 Å². The van der Waals surface area contributed by atoms with Crippen LogP contribution < -0.4 is 10.1 Å². The SMILES string of the molecule is C[C@]1(O)COCC[C@H]1Oc1nc(NC2CCCCN(S(C)(=O)=O)CC2)ncc1C(F)(F)F. The van der Waals surface area contributed by atoms with Crippen LogP contribution in [0.4, 0.5) is 19.1 Å². The van der Waals surface area contributed by atoms with E-state index in [0.717, 1.165) is 12.7 Å². The second-order valence-corrected chi connectivity index (χ2v) is 10.5. The van der Waals surface area contributed by atoms with Crippen LogP contribution >= 0.6 is 0 Å². The molecule has 2 aliphatic rings. The van der Waals surface area contributed by atoms with E-state index in [2.05, 4.69) is 15.3 Å². The van der Waals surface area contributed by atoms with Gasteiger partial charge in [-0.3, -0.25) is 0 Å². The molecule has 9 nitrogen and oxygen atoms in total. The molecule has 32 heavy (non-hydrogen) atoms. The molecule has 0 spiro atoms. The van der Waals surface area contributed by atoms with Crippen molar-refractivity contribution in [1.82, 2.24) is 14.3 Å². The maximum Gasteiger partial charge on any atom is 0.423 e. The monoisotopic (exact) mass is 482 g/mol. The van der Waals surface area contributed by atoms with Gasteiger partial charge in [0.1, 0.15) is 17.3 Å². The van der Waals surface area contributed by atoms with Gasteiger partial charge in [-0.2, -0.15) is 18.2 Å². The predicted octanol–water partition coefficient (Wildman–Crippen LogP) is 2.03. The van der Waals surface area contributed by atoms with Crippen molar-refractivity contribution in [2.45, 2.75) is 63.0 Å². The van der Waals surface area contributed by atoms with Gasteiger partial charge in [-0.05, 0) is 26.2 Å². The summed E-state index contributed by atoms with van der Waals surface area (Å²) in [6, 6.07) is -0.213. The van der Waals surface area contributed by atoms with Gasteiger partial charge in [-0.1, -0.05) is 6.42 Å². The number of nitrogens with zero attached hydrogens (tertiary/aromatic N) is 3. The summed E-state index contributed by atoms with van der Waals surface area (Å²) < 4.78 is 76.4. The fourth-order valence-electron chi connectivity index (χ4n) is 3.81. The Hall–Kier alpha value is -1.70. The van der Waals surface area contributed by atoms with Crippen molar-refractivity contribution < 1.29 is 36.2 Å². The maximum atomic E-state index is 13.5. The highest BCUT2D eigenvalue weighted by atomic mass is 32.2. The summed E-state index contributed by atoms with van der Waals surface area (Å²) in [6.07, 6.45) is -1.04. The number of anilines is 1. The van der Waals surface area contributed by atoms with Crippen molar-refractivity contribution in [3.05, 3.63) is 11.8 Å². The molecule has 0 amide bonds. The van der Waals surface area contributed by atoms with E-state index >= 15 is 0 Å². The Labute approximate surface area is 185 Å². The van der Waals surface area contributed by atoms with Crippen LogP contribution in [0.5, 0.6) is 5.88 Å². The molecule has 2 N–H and O–H groups in total. The molecule has 3 atom stereocenters. The average molecular weight is 483 g/mol. The van der Waals surface area contributed by atoms with E-state index < -0.39 is 39.3 Å². The van der Waals surface area contributed by atoms with Crippen LogP contribution in [0.1, 0.15) is 44.6 Å². The molecule has 2 saturated heterocycles. The van der Waals surface area contributed by atoms with E-state index in [-0.39, 0.29) is 31.6 Å². The van der Waals surface area contributed by atoms with Crippen LogP contribution in [0.3, 0.4) is 0 Å². The van der Waals surface area contributed by atoms with Crippen molar-refractivity contribution in [3.8, 4) is 5.88 Å². The summed E-state index contributed by atoms with van der Waals surface area (Å²) in [7, 11) is -3.32. The van der Waals surface area contributed by atoms with Crippen molar-refractivity contribution in [2.24, 2.45) is 0 Å². The Bertz CT molecular complexity index is 897. The summed E-state index contributed by atoms with van der Waals surface area (Å²) in [5.74, 6) is -0.707. The molecule has 0 aliphatic carbocycles. The van der Waals surface area contributed by atoms with E-state index in [9.17, 15) is 26.7 Å². The normalized spacial score (nSPS) is 28.6. The zero-order valence-corrected chi connectivity index (χ0v) is 18.9. The minimum absolute atomic E-state index is 0.0452. The molecular formula is C19H29F3N4O5S. The number of aromatic nitrogens is 2. The van der Waals surface area contributed by atoms with Gasteiger partial charge < -0.3 is 19.9 Å². The van der Waals surface area contributed by atoms with Gasteiger partial charge in [0.2, 0.25) is 21.9 Å². The highest BCUT2D eigenvalue weighted by Crippen LogP contribution is 2.37. The molecule has 182 valence electrons. The molecule has 2 fully saturated rings. The Morgan fingerprint density at radius 3 is 2.69 bits per heavy atom. The number of nitrogens with one attached hydrogen (secondary N) is 1. The predicted molar refractivity (Wildman–Crippen MR) is 110 cm³/mol. The molecule has 3 rings (SSSR count). The van der Waals surface area contributed by atoms with Gasteiger partial charge in [0, 0.05) is 31.7 Å². The number of sulfonamides is 1. The third kappa shape index (κ3) is 6.42. The van der Waals surface area contributed by atoms with Crippen LogP contribution in [-0.4, -0.2) is 78.1 Å². The molecule has 0 radical (unpaired) electrons. The van der Waals surface area contributed by atoms with Crippen molar-refractivity contribution in [1.29, 1.82) is 0 Å². The molecule has 2 aliphatic heterocycles.